The highest BCUT2D eigenvalue weighted by atomic mass is 35.5. The van der Waals surface area contributed by atoms with Gasteiger partial charge in [-0.25, -0.2) is 0 Å². The zero-order valence-corrected chi connectivity index (χ0v) is 10.6. The third-order valence-corrected chi connectivity index (χ3v) is 3.25. The summed E-state index contributed by atoms with van der Waals surface area (Å²) in [7, 11) is 0. The van der Waals surface area contributed by atoms with E-state index in [-0.39, 0.29) is 0 Å². The van der Waals surface area contributed by atoms with Crippen LogP contribution in [0.4, 0.5) is 5.69 Å². The second-order valence-electron chi connectivity index (χ2n) is 4.77. The van der Waals surface area contributed by atoms with E-state index in [0.29, 0.717) is 12.0 Å². The van der Waals surface area contributed by atoms with Crippen LogP contribution in [0.1, 0.15) is 31.9 Å². The molecule has 16 heavy (non-hydrogen) atoms. The van der Waals surface area contributed by atoms with Gasteiger partial charge in [-0.2, -0.15) is 0 Å². The third kappa shape index (κ3) is 2.50. The molecule has 0 amide bonds. The molecule has 2 rings (SSSR count). The Bertz CT molecular complexity index is 363. The van der Waals surface area contributed by atoms with E-state index in [4.69, 9.17) is 11.6 Å². The van der Waals surface area contributed by atoms with Gasteiger partial charge >= 0.3 is 0 Å². The fraction of sp³-hybridized carbons (Fsp3) is 0.538. The maximum Gasteiger partial charge on any atom is 0.0474 e. The number of anilines is 1. The summed E-state index contributed by atoms with van der Waals surface area (Å²) in [6.45, 7) is 6.50. The molecule has 1 aliphatic heterocycles. The monoisotopic (exact) mass is 238 g/mol. The summed E-state index contributed by atoms with van der Waals surface area (Å²) < 4.78 is 0. The molecule has 1 aromatic rings. The fourth-order valence-corrected chi connectivity index (χ4v) is 2.43. The minimum atomic E-state index is 0.396. The molecule has 0 spiro atoms. The zero-order valence-electron chi connectivity index (χ0n) is 9.89. The zero-order chi connectivity index (χ0) is 11.5. The van der Waals surface area contributed by atoms with E-state index in [2.05, 4.69) is 30.5 Å². The first kappa shape index (κ1) is 11.7. The van der Waals surface area contributed by atoms with Crippen molar-refractivity contribution >= 4 is 17.3 Å². The van der Waals surface area contributed by atoms with Crippen molar-refractivity contribution in [2.24, 2.45) is 5.92 Å². The summed E-state index contributed by atoms with van der Waals surface area (Å²) in [5.41, 5.74) is 2.41. The van der Waals surface area contributed by atoms with Gasteiger partial charge in [0, 0.05) is 28.9 Å². The number of halogens is 1. The average Bonchev–Trinajstić information content (AvgIpc) is 2.26. The van der Waals surface area contributed by atoms with Crippen LogP contribution in [0.5, 0.6) is 0 Å². The maximum atomic E-state index is 6.27. The normalized spacial score (nSPS) is 19.4. The molecule has 0 saturated carbocycles. The van der Waals surface area contributed by atoms with Crippen LogP contribution in [0.3, 0.4) is 0 Å². The van der Waals surface area contributed by atoms with Gasteiger partial charge in [0.25, 0.3) is 0 Å². The van der Waals surface area contributed by atoms with Crippen LogP contribution in [-0.4, -0.2) is 13.1 Å². The van der Waals surface area contributed by atoms with E-state index in [1.165, 1.54) is 11.3 Å². The van der Waals surface area contributed by atoms with Gasteiger partial charge < -0.3 is 10.6 Å². The van der Waals surface area contributed by atoms with Crippen LogP contribution in [-0.2, 0) is 0 Å². The SMILES string of the molecule is CC(C)CNC1CCNc2cccc(Cl)c21. The number of hydrogen-bond acceptors (Lipinski definition) is 2. The Hall–Kier alpha value is -0.730. The molecule has 0 saturated heterocycles. The van der Waals surface area contributed by atoms with Crippen LogP contribution in [0.2, 0.25) is 5.02 Å². The lowest BCUT2D eigenvalue weighted by molar-refractivity contribution is 0.454. The van der Waals surface area contributed by atoms with Crippen molar-refractivity contribution in [1.82, 2.24) is 5.32 Å². The standard InChI is InChI=1S/C13H19ClN2/c1-9(2)8-16-12-6-7-15-11-5-3-4-10(14)13(11)12/h3-5,9,12,15-16H,6-8H2,1-2H3. The fourth-order valence-electron chi connectivity index (χ4n) is 2.12. The van der Waals surface area contributed by atoms with E-state index < -0.39 is 0 Å². The van der Waals surface area contributed by atoms with Gasteiger partial charge in [0.05, 0.1) is 0 Å². The van der Waals surface area contributed by atoms with Gasteiger partial charge in [-0.1, -0.05) is 31.5 Å². The Labute approximate surface area is 102 Å². The number of benzene rings is 1. The summed E-state index contributed by atoms with van der Waals surface area (Å²) in [5, 5.41) is 7.86. The van der Waals surface area contributed by atoms with Crippen LogP contribution in [0, 0.1) is 5.92 Å². The highest BCUT2D eigenvalue weighted by Crippen LogP contribution is 2.35. The molecule has 2 N–H and O–H groups in total. The molecule has 1 atom stereocenters. The van der Waals surface area contributed by atoms with Crippen LogP contribution >= 0.6 is 11.6 Å². The van der Waals surface area contributed by atoms with Crippen molar-refractivity contribution in [3.8, 4) is 0 Å². The summed E-state index contributed by atoms with van der Waals surface area (Å²) in [4.78, 5) is 0. The number of hydrogen-bond donors (Lipinski definition) is 2. The van der Waals surface area contributed by atoms with Gasteiger partial charge in [-0.05, 0) is 31.0 Å². The lowest BCUT2D eigenvalue weighted by Gasteiger charge is -2.29. The van der Waals surface area contributed by atoms with Gasteiger partial charge in [0.2, 0.25) is 0 Å². The number of rotatable bonds is 3. The Balaban J connectivity index is 2.18. The molecule has 0 radical (unpaired) electrons. The molecule has 2 nitrogen and oxygen atoms in total. The molecule has 88 valence electrons. The van der Waals surface area contributed by atoms with E-state index in [0.717, 1.165) is 24.5 Å². The van der Waals surface area contributed by atoms with Crippen molar-refractivity contribution in [3.05, 3.63) is 28.8 Å². The summed E-state index contributed by atoms with van der Waals surface area (Å²) in [6, 6.07) is 6.47. The Kier molecular flexibility index (Phi) is 3.72. The van der Waals surface area contributed by atoms with Crippen LogP contribution in [0.15, 0.2) is 18.2 Å². The minimum absolute atomic E-state index is 0.396. The number of fused-ring (bicyclic) bond motifs is 1. The topological polar surface area (TPSA) is 24.1 Å². The van der Waals surface area contributed by atoms with Gasteiger partial charge in [0.15, 0.2) is 0 Å². The Morgan fingerprint density at radius 2 is 2.31 bits per heavy atom. The van der Waals surface area contributed by atoms with Gasteiger partial charge in [-0.3, -0.25) is 0 Å². The Morgan fingerprint density at radius 3 is 3.06 bits per heavy atom. The Morgan fingerprint density at radius 1 is 1.50 bits per heavy atom. The first-order chi connectivity index (χ1) is 7.68. The molecule has 1 aliphatic rings. The first-order valence-corrected chi connectivity index (χ1v) is 6.32. The summed E-state index contributed by atoms with van der Waals surface area (Å²) >= 11 is 6.27. The van der Waals surface area contributed by atoms with Crippen molar-refractivity contribution in [1.29, 1.82) is 0 Å². The molecule has 3 heteroatoms. The molecular formula is C13H19ClN2. The molecule has 1 aromatic carbocycles. The summed E-state index contributed by atoms with van der Waals surface area (Å²) in [6.07, 6.45) is 1.10. The molecule has 0 fully saturated rings. The highest BCUT2D eigenvalue weighted by molar-refractivity contribution is 6.31. The van der Waals surface area contributed by atoms with Gasteiger partial charge in [-0.15, -0.1) is 0 Å². The molecule has 0 bridgehead atoms. The van der Waals surface area contributed by atoms with Crippen molar-refractivity contribution in [2.75, 3.05) is 18.4 Å². The quantitative estimate of drug-likeness (QED) is 0.843. The van der Waals surface area contributed by atoms with Gasteiger partial charge in [0.1, 0.15) is 0 Å². The largest absolute Gasteiger partial charge is 0.385 e. The maximum absolute atomic E-state index is 6.27. The second kappa shape index (κ2) is 5.07. The lowest BCUT2D eigenvalue weighted by Crippen LogP contribution is -2.30. The van der Waals surface area contributed by atoms with Crippen LogP contribution in [0.25, 0.3) is 0 Å². The first-order valence-electron chi connectivity index (χ1n) is 5.94. The van der Waals surface area contributed by atoms with E-state index in [1.54, 1.807) is 0 Å². The molecular weight excluding hydrogens is 220 g/mol. The average molecular weight is 239 g/mol. The predicted molar refractivity (Wildman–Crippen MR) is 70.1 cm³/mol. The molecule has 0 aromatic heterocycles. The minimum Gasteiger partial charge on any atom is -0.385 e. The molecule has 1 heterocycles. The number of nitrogens with one attached hydrogen (secondary N) is 2. The molecule has 1 unspecified atom stereocenters. The van der Waals surface area contributed by atoms with E-state index in [9.17, 15) is 0 Å². The van der Waals surface area contributed by atoms with Crippen molar-refractivity contribution < 1.29 is 0 Å². The summed E-state index contributed by atoms with van der Waals surface area (Å²) in [5.74, 6) is 0.667. The van der Waals surface area contributed by atoms with Crippen LogP contribution < -0.4 is 10.6 Å². The second-order valence-corrected chi connectivity index (χ2v) is 5.18. The third-order valence-electron chi connectivity index (χ3n) is 2.92. The lowest BCUT2D eigenvalue weighted by atomic mass is 9.97. The van der Waals surface area contributed by atoms with Crippen molar-refractivity contribution in [2.45, 2.75) is 26.3 Å². The van der Waals surface area contributed by atoms with Crippen molar-refractivity contribution in [3.63, 3.8) is 0 Å². The smallest absolute Gasteiger partial charge is 0.0474 e. The predicted octanol–water partition coefficient (Wildman–Crippen LogP) is 3.44. The van der Waals surface area contributed by atoms with E-state index in [1.807, 2.05) is 12.1 Å². The highest BCUT2D eigenvalue weighted by Gasteiger charge is 2.21. The molecule has 0 aliphatic carbocycles. The van der Waals surface area contributed by atoms with E-state index >= 15 is 0 Å².